The summed E-state index contributed by atoms with van der Waals surface area (Å²) < 4.78 is 4.81. The Morgan fingerprint density at radius 2 is 2.00 bits per heavy atom. The van der Waals surface area contributed by atoms with E-state index in [4.69, 9.17) is 27.9 Å². The van der Waals surface area contributed by atoms with E-state index in [1.54, 1.807) is 0 Å². The molecular weight excluding hydrogens is 227 g/mol. The first-order valence-electron chi connectivity index (χ1n) is 4.24. The van der Waals surface area contributed by atoms with Gasteiger partial charge in [-0.05, 0) is 6.04 Å². The largest absolute Gasteiger partial charge is 0.445 e. The number of hydrogen-bond donors (Lipinski definition) is 0. The SMILES string of the molecule is C[Si](C)(C)CCC(=O)OC(Cl)CCl. The molecule has 0 aromatic rings. The average molecular weight is 243 g/mol. The lowest BCUT2D eigenvalue weighted by molar-refractivity contribution is -0.144. The van der Waals surface area contributed by atoms with Crippen LogP contribution in [0.2, 0.25) is 25.7 Å². The highest BCUT2D eigenvalue weighted by atomic mass is 35.5. The van der Waals surface area contributed by atoms with Gasteiger partial charge >= 0.3 is 5.97 Å². The highest BCUT2D eigenvalue weighted by Crippen LogP contribution is 2.12. The van der Waals surface area contributed by atoms with Crippen molar-refractivity contribution in [1.82, 2.24) is 0 Å². The quantitative estimate of drug-likeness (QED) is 0.421. The molecule has 2 nitrogen and oxygen atoms in total. The van der Waals surface area contributed by atoms with E-state index in [2.05, 4.69) is 19.6 Å². The minimum Gasteiger partial charge on any atom is -0.445 e. The Morgan fingerprint density at radius 1 is 1.46 bits per heavy atom. The van der Waals surface area contributed by atoms with Crippen LogP contribution in [0.4, 0.5) is 0 Å². The molecule has 0 heterocycles. The summed E-state index contributed by atoms with van der Waals surface area (Å²) in [6, 6.07) is 0.928. The lowest BCUT2D eigenvalue weighted by Gasteiger charge is -2.15. The van der Waals surface area contributed by atoms with Gasteiger partial charge in [0.1, 0.15) is 0 Å². The molecular formula is C8H16Cl2O2Si. The van der Waals surface area contributed by atoms with Gasteiger partial charge in [-0.15, -0.1) is 11.6 Å². The summed E-state index contributed by atoms with van der Waals surface area (Å²) in [4.78, 5) is 11.1. The van der Waals surface area contributed by atoms with Crippen molar-refractivity contribution in [2.24, 2.45) is 0 Å². The molecule has 0 N–H and O–H groups in total. The third-order valence-corrected chi connectivity index (χ3v) is 3.89. The topological polar surface area (TPSA) is 26.3 Å². The molecule has 0 radical (unpaired) electrons. The smallest absolute Gasteiger partial charge is 0.307 e. The van der Waals surface area contributed by atoms with Crippen molar-refractivity contribution in [3.8, 4) is 0 Å². The maximum atomic E-state index is 11.1. The van der Waals surface area contributed by atoms with Gasteiger partial charge in [-0.2, -0.15) is 0 Å². The molecule has 0 saturated carbocycles. The molecule has 0 bridgehead atoms. The van der Waals surface area contributed by atoms with Crippen LogP contribution < -0.4 is 0 Å². The molecule has 5 heteroatoms. The zero-order valence-electron chi connectivity index (χ0n) is 8.27. The average Bonchev–Trinajstić information content (AvgIpc) is 1.99. The number of carbonyl (C=O) groups excluding carboxylic acids is 1. The van der Waals surface area contributed by atoms with E-state index in [1.165, 1.54) is 0 Å². The normalized spacial score (nSPS) is 13.9. The van der Waals surface area contributed by atoms with Gasteiger partial charge < -0.3 is 4.74 Å². The van der Waals surface area contributed by atoms with Crippen LogP contribution in [-0.4, -0.2) is 25.5 Å². The molecule has 0 aliphatic rings. The van der Waals surface area contributed by atoms with E-state index in [-0.39, 0.29) is 11.8 Å². The number of ether oxygens (including phenoxy) is 1. The van der Waals surface area contributed by atoms with Crippen LogP contribution in [0.25, 0.3) is 0 Å². The number of esters is 1. The molecule has 0 aromatic heterocycles. The molecule has 0 saturated heterocycles. The highest BCUT2D eigenvalue weighted by molar-refractivity contribution is 6.76. The van der Waals surface area contributed by atoms with Gasteiger partial charge in [-0.3, -0.25) is 4.79 Å². The predicted molar refractivity (Wildman–Crippen MR) is 59.2 cm³/mol. The summed E-state index contributed by atoms with van der Waals surface area (Å²) in [5.74, 6) is -0.108. The van der Waals surface area contributed by atoms with Crippen LogP contribution in [0, 0.1) is 0 Å². The van der Waals surface area contributed by atoms with Gasteiger partial charge in [-0.1, -0.05) is 31.2 Å². The molecule has 0 aliphatic carbocycles. The van der Waals surface area contributed by atoms with Gasteiger partial charge in [0, 0.05) is 14.5 Å². The summed E-state index contributed by atoms with van der Waals surface area (Å²) in [5.41, 5.74) is -0.684. The first-order valence-corrected chi connectivity index (χ1v) is 8.92. The zero-order valence-corrected chi connectivity index (χ0v) is 10.8. The van der Waals surface area contributed by atoms with Crippen molar-refractivity contribution >= 4 is 37.2 Å². The first kappa shape index (κ1) is 13.3. The molecule has 0 spiro atoms. The zero-order chi connectivity index (χ0) is 10.5. The van der Waals surface area contributed by atoms with Crippen LogP contribution in [0.3, 0.4) is 0 Å². The number of rotatable bonds is 5. The fraction of sp³-hybridized carbons (Fsp3) is 0.875. The van der Waals surface area contributed by atoms with Gasteiger partial charge in [0.25, 0.3) is 0 Å². The number of carbonyl (C=O) groups is 1. The second-order valence-electron chi connectivity index (χ2n) is 4.11. The Hall–Kier alpha value is 0.267. The third kappa shape index (κ3) is 8.59. The molecule has 1 unspecified atom stereocenters. The van der Waals surface area contributed by atoms with Crippen molar-refractivity contribution in [3.05, 3.63) is 0 Å². The van der Waals surface area contributed by atoms with Gasteiger partial charge in [0.15, 0.2) is 5.56 Å². The first-order chi connectivity index (χ1) is 5.85. The van der Waals surface area contributed by atoms with E-state index < -0.39 is 13.6 Å². The summed E-state index contributed by atoms with van der Waals surface area (Å²) >= 11 is 10.9. The van der Waals surface area contributed by atoms with E-state index in [9.17, 15) is 4.79 Å². The molecule has 0 aliphatic heterocycles. The van der Waals surface area contributed by atoms with Crippen LogP contribution in [0.1, 0.15) is 6.42 Å². The number of halogens is 2. The minimum absolute atomic E-state index is 0.139. The Bertz CT molecular complexity index is 168. The van der Waals surface area contributed by atoms with Crippen molar-refractivity contribution in [1.29, 1.82) is 0 Å². The second-order valence-corrected chi connectivity index (χ2v) is 10.5. The predicted octanol–water partition coefficient (Wildman–Crippen LogP) is 3.06. The van der Waals surface area contributed by atoms with E-state index in [0.29, 0.717) is 6.42 Å². The van der Waals surface area contributed by atoms with Crippen LogP contribution in [0.5, 0.6) is 0 Å². The summed E-state index contributed by atoms with van der Waals surface area (Å²) in [6.45, 7) is 6.63. The molecule has 0 aromatic carbocycles. The Labute approximate surface area is 90.6 Å². The van der Waals surface area contributed by atoms with E-state index >= 15 is 0 Å². The lowest BCUT2D eigenvalue weighted by Crippen LogP contribution is -2.22. The van der Waals surface area contributed by atoms with Crippen molar-refractivity contribution in [2.45, 2.75) is 37.7 Å². The Kier molecular flexibility index (Phi) is 6.01. The molecule has 0 rings (SSSR count). The Morgan fingerprint density at radius 3 is 2.38 bits per heavy atom. The van der Waals surface area contributed by atoms with Gasteiger partial charge in [0.2, 0.25) is 0 Å². The van der Waals surface area contributed by atoms with Gasteiger partial charge in [-0.25, -0.2) is 0 Å². The maximum Gasteiger partial charge on any atom is 0.307 e. The summed E-state index contributed by atoms with van der Waals surface area (Å²) in [6.07, 6.45) is 0.454. The molecule has 0 fully saturated rings. The molecule has 1 atom stereocenters. The van der Waals surface area contributed by atoms with Crippen LogP contribution >= 0.6 is 23.2 Å². The molecule has 13 heavy (non-hydrogen) atoms. The highest BCUT2D eigenvalue weighted by Gasteiger charge is 2.17. The minimum atomic E-state index is -1.16. The van der Waals surface area contributed by atoms with Crippen molar-refractivity contribution in [2.75, 3.05) is 5.88 Å². The van der Waals surface area contributed by atoms with Crippen molar-refractivity contribution in [3.63, 3.8) is 0 Å². The molecule has 0 amide bonds. The van der Waals surface area contributed by atoms with Crippen LogP contribution in [-0.2, 0) is 9.53 Å². The monoisotopic (exact) mass is 242 g/mol. The second kappa shape index (κ2) is 5.88. The lowest BCUT2D eigenvalue weighted by atomic mass is 10.5. The van der Waals surface area contributed by atoms with Crippen molar-refractivity contribution < 1.29 is 9.53 Å². The summed E-state index contributed by atoms with van der Waals surface area (Å²) in [5, 5.41) is 0. The summed E-state index contributed by atoms with van der Waals surface area (Å²) in [7, 11) is -1.16. The van der Waals surface area contributed by atoms with E-state index in [0.717, 1.165) is 6.04 Å². The maximum absolute atomic E-state index is 11.1. The number of alkyl halides is 2. The van der Waals surface area contributed by atoms with Crippen LogP contribution in [0.15, 0.2) is 0 Å². The fourth-order valence-corrected chi connectivity index (χ4v) is 1.83. The van der Waals surface area contributed by atoms with Gasteiger partial charge in [0.05, 0.1) is 5.88 Å². The standard InChI is InChI=1S/C8H16Cl2O2Si/c1-13(2,3)5-4-8(11)12-7(10)6-9/h7H,4-6H2,1-3H3. The van der Waals surface area contributed by atoms with E-state index in [1.807, 2.05) is 0 Å². The Balaban J connectivity index is 3.64. The number of hydrogen-bond acceptors (Lipinski definition) is 2. The molecule has 78 valence electrons. The third-order valence-electron chi connectivity index (χ3n) is 1.46. The fourth-order valence-electron chi connectivity index (χ4n) is 0.710.